The smallest absolute Gasteiger partial charge is 0.0849 e. The maximum absolute atomic E-state index is 13.1. The Morgan fingerprint density at radius 1 is 0.237 bits per heavy atom. The zero-order chi connectivity index (χ0) is 26.5. The van der Waals surface area contributed by atoms with Crippen LogP contribution >= 0.6 is 0 Å². The summed E-state index contributed by atoms with van der Waals surface area (Å²) in [6.07, 6.45) is 0. The predicted molar refractivity (Wildman–Crippen MR) is 151 cm³/mol. The van der Waals surface area contributed by atoms with E-state index in [1.165, 1.54) is 0 Å². The molecule has 0 radical (unpaired) electrons. The third-order valence-corrected chi connectivity index (χ3v) is 11.3. The van der Waals surface area contributed by atoms with Crippen molar-refractivity contribution in [3.8, 4) is 0 Å². The lowest BCUT2D eigenvalue weighted by Gasteiger charge is -2.07. The Bertz CT molecular complexity index is 1510. The zero-order valence-corrected chi connectivity index (χ0v) is 23.2. The molecule has 0 heterocycles. The molecule has 0 aliphatic rings. The number of hydrogen-bond acceptors (Lipinski definition) is 4. The van der Waals surface area contributed by atoms with Crippen molar-refractivity contribution in [3.63, 3.8) is 0 Å². The molecule has 0 N–H and O–H groups in total. The van der Waals surface area contributed by atoms with Crippen molar-refractivity contribution in [1.82, 2.24) is 0 Å². The first-order valence-corrected chi connectivity index (χ1v) is 16.2. The van der Waals surface area contributed by atoms with Gasteiger partial charge in [-0.05, 0) is 97.1 Å². The lowest BCUT2D eigenvalue weighted by atomic mass is 10.4. The van der Waals surface area contributed by atoms with Gasteiger partial charge in [0, 0.05) is 39.2 Å². The maximum Gasteiger partial charge on any atom is 0.0849 e. The number of hydrogen-bond donors (Lipinski definition) is 0. The fourth-order valence-electron chi connectivity index (χ4n) is 3.69. The van der Waals surface area contributed by atoms with Gasteiger partial charge in [-0.1, -0.05) is 36.4 Å². The van der Waals surface area contributed by atoms with E-state index < -0.39 is 43.2 Å². The molecule has 0 saturated heterocycles. The molecule has 0 bridgehead atoms. The highest BCUT2D eigenvalue weighted by atomic mass is 32.2. The van der Waals surface area contributed by atoms with Crippen LogP contribution in [-0.2, 0) is 43.2 Å². The molecule has 0 aromatic heterocycles. The van der Waals surface area contributed by atoms with Crippen molar-refractivity contribution in [2.45, 2.75) is 39.2 Å². The summed E-state index contributed by atoms with van der Waals surface area (Å²) < 4.78 is 51.6. The Hall–Kier alpha value is -3.30. The highest BCUT2D eigenvalue weighted by Crippen LogP contribution is 2.24. The highest BCUT2D eigenvalue weighted by Gasteiger charge is 2.13. The van der Waals surface area contributed by atoms with Crippen LogP contribution in [0.4, 0.5) is 0 Å². The molecule has 0 aliphatic carbocycles. The maximum atomic E-state index is 13.1. The lowest BCUT2D eigenvalue weighted by Crippen LogP contribution is -1.98. The average molecular weight is 575 g/mol. The van der Waals surface area contributed by atoms with Crippen LogP contribution in [0.3, 0.4) is 0 Å². The van der Waals surface area contributed by atoms with Crippen LogP contribution in [0, 0.1) is 0 Å². The van der Waals surface area contributed by atoms with Gasteiger partial charge in [-0.15, -0.1) is 0 Å². The Balaban J connectivity index is 1.27. The SMILES string of the molecule is O=S(c1ccccc1)c1ccc(S(=O)c2ccc(S(=O)c3ccc(S(=O)c4ccccc4)cc3)cc2)cc1. The van der Waals surface area contributed by atoms with E-state index in [4.69, 9.17) is 0 Å². The number of rotatable bonds is 8. The largest absolute Gasteiger partial charge is 0.249 e. The molecule has 5 rings (SSSR count). The van der Waals surface area contributed by atoms with E-state index in [1.54, 1.807) is 72.8 Å². The average Bonchev–Trinajstić information content (AvgIpc) is 3.00. The zero-order valence-electron chi connectivity index (χ0n) is 20.0. The van der Waals surface area contributed by atoms with Crippen molar-refractivity contribution in [2.24, 2.45) is 0 Å². The Kier molecular flexibility index (Phi) is 8.34. The molecule has 4 nitrogen and oxygen atoms in total. The topological polar surface area (TPSA) is 68.3 Å². The minimum Gasteiger partial charge on any atom is -0.249 e. The van der Waals surface area contributed by atoms with Gasteiger partial charge in [0.05, 0.1) is 43.2 Å². The monoisotopic (exact) mass is 574 g/mol. The summed E-state index contributed by atoms with van der Waals surface area (Å²) in [7, 11) is -5.48. The Morgan fingerprint density at radius 2 is 0.395 bits per heavy atom. The minimum absolute atomic E-state index is 0.580. The summed E-state index contributed by atoms with van der Waals surface area (Å²) in [6, 6.07) is 39.0. The van der Waals surface area contributed by atoms with Crippen LogP contribution < -0.4 is 0 Å². The third-order valence-electron chi connectivity index (χ3n) is 5.67. The second-order valence-electron chi connectivity index (χ2n) is 8.12. The molecule has 5 aromatic carbocycles. The van der Waals surface area contributed by atoms with E-state index in [-0.39, 0.29) is 0 Å². The molecule has 38 heavy (non-hydrogen) atoms. The van der Waals surface area contributed by atoms with Gasteiger partial charge in [0.25, 0.3) is 0 Å². The molecule has 4 unspecified atom stereocenters. The summed E-state index contributed by atoms with van der Waals surface area (Å²) in [5, 5.41) is 0. The van der Waals surface area contributed by atoms with Crippen molar-refractivity contribution < 1.29 is 16.8 Å². The predicted octanol–water partition coefficient (Wildman–Crippen LogP) is 6.35. The summed E-state index contributed by atoms with van der Waals surface area (Å²) in [4.78, 5) is 5.05. The standard InChI is InChI=1S/C30H22O4S4/c31-35(23-7-3-1-4-8-23)25-11-15-27(16-12-25)37(33)29-19-21-30(22-20-29)38(34)28-17-13-26(14-18-28)36(32)24-9-5-2-6-10-24/h1-22H. The molecule has 0 fully saturated rings. The molecule has 5 aromatic rings. The van der Waals surface area contributed by atoms with Crippen LogP contribution in [0.5, 0.6) is 0 Å². The van der Waals surface area contributed by atoms with Gasteiger partial charge in [-0.3, -0.25) is 0 Å². The van der Waals surface area contributed by atoms with Crippen LogP contribution in [-0.4, -0.2) is 16.8 Å². The van der Waals surface area contributed by atoms with Crippen LogP contribution in [0.25, 0.3) is 0 Å². The first-order valence-electron chi connectivity index (χ1n) is 11.6. The second-order valence-corrected chi connectivity index (χ2v) is 14.0. The fourth-order valence-corrected chi connectivity index (χ4v) is 7.89. The molecule has 8 heteroatoms. The van der Waals surface area contributed by atoms with E-state index in [1.807, 2.05) is 60.7 Å². The normalized spacial score (nSPS) is 14.3. The van der Waals surface area contributed by atoms with Gasteiger partial charge < -0.3 is 0 Å². The second kappa shape index (κ2) is 12.0. The third kappa shape index (κ3) is 5.89. The Labute approximate surface area is 231 Å². The highest BCUT2D eigenvalue weighted by molar-refractivity contribution is 7.86. The van der Waals surface area contributed by atoms with Gasteiger partial charge in [0.2, 0.25) is 0 Å². The van der Waals surface area contributed by atoms with Gasteiger partial charge >= 0.3 is 0 Å². The van der Waals surface area contributed by atoms with Crippen LogP contribution in [0.1, 0.15) is 0 Å². The molecule has 0 saturated carbocycles. The van der Waals surface area contributed by atoms with Crippen molar-refractivity contribution in [2.75, 3.05) is 0 Å². The van der Waals surface area contributed by atoms with Crippen molar-refractivity contribution in [1.29, 1.82) is 0 Å². The van der Waals surface area contributed by atoms with Crippen molar-refractivity contribution in [3.05, 3.63) is 133 Å². The molecular formula is C30H22O4S4. The van der Waals surface area contributed by atoms with E-state index in [0.29, 0.717) is 39.2 Å². The van der Waals surface area contributed by atoms with E-state index >= 15 is 0 Å². The molecule has 190 valence electrons. The van der Waals surface area contributed by atoms with Crippen LogP contribution in [0.2, 0.25) is 0 Å². The van der Waals surface area contributed by atoms with E-state index in [9.17, 15) is 16.8 Å². The van der Waals surface area contributed by atoms with E-state index in [2.05, 4.69) is 0 Å². The Morgan fingerprint density at radius 3 is 0.579 bits per heavy atom. The van der Waals surface area contributed by atoms with Crippen molar-refractivity contribution >= 4 is 43.2 Å². The molecule has 0 aliphatic heterocycles. The van der Waals surface area contributed by atoms with E-state index in [0.717, 1.165) is 0 Å². The summed E-state index contributed by atoms with van der Waals surface area (Å²) in [5.41, 5.74) is 0. The molecular weight excluding hydrogens is 553 g/mol. The summed E-state index contributed by atoms with van der Waals surface area (Å²) >= 11 is 0. The fraction of sp³-hybridized carbons (Fsp3) is 0. The molecule has 0 spiro atoms. The number of benzene rings is 5. The quantitative estimate of drug-likeness (QED) is 0.217. The first-order chi connectivity index (χ1) is 18.5. The van der Waals surface area contributed by atoms with Gasteiger partial charge in [-0.25, -0.2) is 16.8 Å². The van der Waals surface area contributed by atoms with Gasteiger partial charge in [-0.2, -0.15) is 0 Å². The lowest BCUT2D eigenvalue weighted by molar-refractivity contribution is 0.680. The summed E-state index contributed by atoms with van der Waals surface area (Å²) in [5.74, 6) is 0. The molecule has 0 amide bonds. The first kappa shape index (κ1) is 26.3. The minimum atomic E-state index is -1.44. The molecule has 4 atom stereocenters. The van der Waals surface area contributed by atoms with Gasteiger partial charge in [0.1, 0.15) is 0 Å². The van der Waals surface area contributed by atoms with Gasteiger partial charge in [0.15, 0.2) is 0 Å². The van der Waals surface area contributed by atoms with Crippen LogP contribution in [0.15, 0.2) is 173 Å². The summed E-state index contributed by atoms with van der Waals surface area (Å²) in [6.45, 7) is 0.